The Morgan fingerprint density at radius 3 is 2.47 bits per heavy atom. The predicted octanol–water partition coefficient (Wildman–Crippen LogP) is 3.46. The highest BCUT2D eigenvalue weighted by Gasteiger charge is 2.00. The van der Waals surface area contributed by atoms with Crippen molar-refractivity contribution in [3.63, 3.8) is 0 Å². The van der Waals surface area contributed by atoms with Crippen molar-refractivity contribution in [2.24, 2.45) is 0 Å². The van der Waals surface area contributed by atoms with Gasteiger partial charge in [-0.25, -0.2) is 0 Å². The second kappa shape index (κ2) is 4.91. The fourth-order valence-electron chi connectivity index (χ4n) is 1.63. The van der Waals surface area contributed by atoms with E-state index in [4.69, 9.17) is 10.5 Å². The first-order valence-corrected chi connectivity index (χ1v) is 5.70. The van der Waals surface area contributed by atoms with E-state index in [0.717, 1.165) is 17.0 Å². The van der Waals surface area contributed by atoms with Crippen LogP contribution in [0.5, 0.6) is 5.75 Å². The summed E-state index contributed by atoms with van der Waals surface area (Å²) < 4.78 is 5.73. The summed E-state index contributed by atoms with van der Waals surface area (Å²) in [6, 6.07) is 13.9. The Bertz CT molecular complexity index is 520. The van der Waals surface area contributed by atoms with Crippen LogP contribution in [0.25, 0.3) is 0 Å². The molecule has 0 radical (unpaired) electrons. The van der Waals surface area contributed by atoms with Gasteiger partial charge in [-0.2, -0.15) is 0 Å². The van der Waals surface area contributed by atoms with E-state index in [1.807, 2.05) is 30.3 Å². The summed E-state index contributed by atoms with van der Waals surface area (Å²) in [5, 5.41) is 0. The summed E-state index contributed by atoms with van der Waals surface area (Å²) in [7, 11) is 0. The van der Waals surface area contributed by atoms with Gasteiger partial charge in [0.25, 0.3) is 0 Å². The van der Waals surface area contributed by atoms with Crippen molar-refractivity contribution >= 4 is 5.69 Å². The molecule has 0 aliphatic rings. The molecule has 0 aromatic heterocycles. The molecule has 17 heavy (non-hydrogen) atoms. The lowest BCUT2D eigenvalue weighted by Crippen LogP contribution is -2.00. The van der Waals surface area contributed by atoms with Gasteiger partial charge in [0.1, 0.15) is 12.4 Å². The van der Waals surface area contributed by atoms with Crippen LogP contribution in [0, 0.1) is 13.8 Å². The minimum atomic E-state index is 0.509. The topological polar surface area (TPSA) is 35.2 Å². The fourth-order valence-corrected chi connectivity index (χ4v) is 1.63. The highest BCUT2D eigenvalue weighted by Crippen LogP contribution is 2.19. The summed E-state index contributed by atoms with van der Waals surface area (Å²) in [4.78, 5) is 0. The number of nitrogen functional groups attached to an aromatic ring is 1. The lowest BCUT2D eigenvalue weighted by Gasteiger charge is -2.09. The average molecular weight is 227 g/mol. The van der Waals surface area contributed by atoms with Crippen molar-refractivity contribution in [3.05, 3.63) is 59.2 Å². The molecule has 0 bridgehead atoms. The SMILES string of the molecule is Cc1ccc(OCc2ccccc2N)cc1C. The number of hydrogen-bond donors (Lipinski definition) is 1. The van der Waals surface area contributed by atoms with Gasteiger partial charge in [-0.3, -0.25) is 0 Å². The van der Waals surface area contributed by atoms with E-state index in [2.05, 4.69) is 26.0 Å². The second-order valence-corrected chi connectivity index (χ2v) is 4.23. The molecule has 0 heterocycles. The molecule has 0 atom stereocenters. The number of hydrogen-bond acceptors (Lipinski definition) is 2. The van der Waals surface area contributed by atoms with Crippen LogP contribution in [-0.2, 0) is 6.61 Å². The highest BCUT2D eigenvalue weighted by molar-refractivity contribution is 5.46. The minimum Gasteiger partial charge on any atom is -0.489 e. The monoisotopic (exact) mass is 227 g/mol. The Hall–Kier alpha value is -1.96. The van der Waals surface area contributed by atoms with Crippen molar-refractivity contribution in [1.29, 1.82) is 0 Å². The molecule has 0 amide bonds. The molecule has 2 aromatic carbocycles. The first kappa shape index (κ1) is 11.5. The van der Waals surface area contributed by atoms with E-state index in [-0.39, 0.29) is 0 Å². The summed E-state index contributed by atoms with van der Waals surface area (Å²) in [5.74, 6) is 0.886. The van der Waals surface area contributed by atoms with Crippen LogP contribution >= 0.6 is 0 Å². The van der Waals surface area contributed by atoms with Gasteiger partial charge in [-0.05, 0) is 43.2 Å². The van der Waals surface area contributed by atoms with Crippen LogP contribution in [0.15, 0.2) is 42.5 Å². The summed E-state index contributed by atoms with van der Waals surface area (Å²) in [6.07, 6.45) is 0. The molecule has 2 N–H and O–H groups in total. The number of aryl methyl sites for hydroxylation is 2. The number of anilines is 1. The Morgan fingerprint density at radius 2 is 1.76 bits per heavy atom. The molecule has 2 aromatic rings. The molecule has 88 valence electrons. The van der Waals surface area contributed by atoms with Gasteiger partial charge in [0, 0.05) is 11.3 Å². The van der Waals surface area contributed by atoms with E-state index < -0.39 is 0 Å². The van der Waals surface area contributed by atoms with Gasteiger partial charge >= 0.3 is 0 Å². The molecule has 0 unspecified atom stereocenters. The van der Waals surface area contributed by atoms with Gasteiger partial charge in [0.15, 0.2) is 0 Å². The number of ether oxygens (including phenoxy) is 1. The quantitative estimate of drug-likeness (QED) is 0.815. The molecule has 2 rings (SSSR count). The van der Waals surface area contributed by atoms with Gasteiger partial charge in [0.05, 0.1) is 0 Å². The van der Waals surface area contributed by atoms with Crippen molar-refractivity contribution in [2.75, 3.05) is 5.73 Å². The maximum absolute atomic E-state index is 5.86. The molecular formula is C15H17NO. The number of nitrogens with two attached hydrogens (primary N) is 1. The zero-order chi connectivity index (χ0) is 12.3. The molecule has 0 aliphatic carbocycles. The number of benzene rings is 2. The van der Waals surface area contributed by atoms with Gasteiger partial charge < -0.3 is 10.5 Å². The molecule has 0 saturated heterocycles. The van der Waals surface area contributed by atoms with E-state index in [1.165, 1.54) is 11.1 Å². The van der Waals surface area contributed by atoms with E-state index in [9.17, 15) is 0 Å². The second-order valence-electron chi connectivity index (χ2n) is 4.23. The van der Waals surface area contributed by atoms with E-state index >= 15 is 0 Å². The summed E-state index contributed by atoms with van der Waals surface area (Å²) in [5.41, 5.74) is 10.2. The summed E-state index contributed by atoms with van der Waals surface area (Å²) in [6.45, 7) is 4.68. The number of rotatable bonds is 3. The maximum Gasteiger partial charge on any atom is 0.120 e. The molecule has 2 heteroatoms. The maximum atomic E-state index is 5.86. The fraction of sp³-hybridized carbons (Fsp3) is 0.200. The Morgan fingerprint density at radius 1 is 1.00 bits per heavy atom. The third kappa shape index (κ3) is 2.78. The zero-order valence-electron chi connectivity index (χ0n) is 10.2. The van der Waals surface area contributed by atoms with Crippen LogP contribution < -0.4 is 10.5 Å². The summed E-state index contributed by atoms with van der Waals surface area (Å²) >= 11 is 0. The normalized spacial score (nSPS) is 10.2. The smallest absolute Gasteiger partial charge is 0.120 e. The largest absolute Gasteiger partial charge is 0.489 e. The standard InChI is InChI=1S/C15H17NO/c1-11-7-8-14(9-12(11)2)17-10-13-5-3-4-6-15(13)16/h3-9H,10,16H2,1-2H3. The third-order valence-electron chi connectivity index (χ3n) is 2.93. The third-order valence-corrected chi connectivity index (χ3v) is 2.93. The molecular weight excluding hydrogens is 210 g/mol. The van der Waals surface area contributed by atoms with Crippen LogP contribution in [0.2, 0.25) is 0 Å². The van der Waals surface area contributed by atoms with Crippen molar-refractivity contribution in [2.45, 2.75) is 20.5 Å². The minimum absolute atomic E-state index is 0.509. The Balaban J connectivity index is 2.08. The average Bonchev–Trinajstić information content (AvgIpc) is 2.32. The Labute approximate surface area is 102 Å². The first-order valence-electron chi connectivity index (χ1n) is 5.70. The zero-order valence-corrected chi connectivity index (χ0v) is 10.2. The van der Waals surface area contributed by atoms with Gasteiger partial charge in [-0.1, -0.05) is 24.3 Å². The van der Waals surface area contributed by atoms with Crippen LogP contribution in [0.3, 0.4) is 0 Å². The van der Waals surface area contributed by atoms with E-state index in [1.54, 1.807) is 0 Å². The van der Waals surface area contributed by atoms with Crippen LogP contribution in [-0.4, -0.2) is 0 Å². The molecule has 0 spiro atoms. The first-order chi connectivity index (χ1) is 8.16. The van der Waals surface area contributed by atoms with Crippen LogP contribution in [0.4, 0.5) is 5.69 Å². The van der Waals surface area contributed by atoms with Crippen molar-refractivity contribution in [3.8, 4) is 5.75 Å². The highest BCUT2D eigenvalue weighted by atomic mass is 16.5. The van der Waals surface area contributed by atoms with Crippen molar-refractivity contribution in [1.82, 2.24) is 0 Å². The number of para-hydroxylation sites is 1. The van der Waals surface area contributed by atoms with Gasteiger partial charge in [0.2, 0.25) is 0 Å². The van der Waals surface area contributed by atoms with Crippen LogP contribution in [0.1, 0.15) is 16.7 Å². The lowest BCUT2D eigenvalue weighted by atomic mass is 10.1. The van der Waals surface area contributed by atoms with Gasteiger partial charge in [-0.15, -0.1) is 0 Å². The Kier molecular flexibility index (Phi) is 3.33. The molecule has 0 aliphatic heterocycles. The van der Waals surface area contributed by atoms with E-state index in [0.29, 0.717) is 6.61 Å². The lowest BCUT2D eigenvalue weighted by molar-refractivity contribution is 0.306. The van der Waals surface area contributed by atoms with Crippen molar-refractivity contribution < 1.29 is 4.74 Å². The molecule has 0 saturated carbocycles. The molecule has 0 fully saturated rings. The predicted molar refractivity (Wildman–Crippen MR) is 71.1 cm³/mol. The molecule has 2 nitrogen and oxygen atoms in total.